The second kappa shape index (κ2) is 8.04. The molecule has 3 aromatic rings. The van der Waals surface area contributed by atoms with E-state index in [9.17, 15) is 17.6 Å². The van der Waals surface area contributed by atoms with Gasteiger partial charge in [0, 0.05) is 30.9 Å². The van der Waals surface area contributed by atoms with E-state index in [0.29, 0.717) is 0 Å². The highest BCUT2D eigenvalue weighted by molar-refractivity contribution is 7.90. The number of nitrogens with zero attached hydrogens (tertiary/aromatic N) is 2. The normalized spacial score (nSPS) is 11.2. The number of benzene rings is 2. The van der Waals surface area contributed by atoms with Gasteiger partial charge in [0.2, 0.25) is 5.88 Å². The molecule has 0 unspecified atom stereocenters. The topological polar surface area (TPSA) is 86.2 Å². The maximum Gasteiger partial charge on any atom is 0.249 e. The molecule has 9 heteroatoms. The summed E-state index contributed by atoms with van der Waals surface area (Å²) in [4.78, 5) is 19.3. The Morgan fingerprint density at radius 3 is 2.54 bits per heavy atom. The van der Waals surface area contributed by atoms with Crippen LogP contribution in [0.5, 0.6) is 11.6 Å². The van der Waals surface area contributed by atoms with Crippen molar-refractivity contribution in [2.45, 2.75) is 17.6 Å². The maximum absolute atomic E-state index is 14.5. The van der Waals surface area contributed by atoms with E-state index in [1.165, 1.54) is 43.6 Å². The van der Waals surface area contributed by atoms with E-state index in [1.54, 1.807) is 12.1 Å². The van der Waals surface area contributed by atoms with Gasteiger partial charge in [-0.25, -0.2) is 22.8 Å². The van der Waals surface area contributed by atoms with Crippen molar-refractivity contribution in [2.75, 3.05) is 0 Å². The van der Waals surface area contributed by atoms with Gasteiger partial charge in [-0.15, -0.1) is 0 Å². The van der Waals surface area contributed by atoms with Crippen molar-refractivity contribution < 1.29 is 22.3 Å². The van der Waals surface area contributed by atoms with Gasteiger partial charge in [-0.3, -0.25) is 4.79 Å². The Bertz CT molecular complexity index is 1150. The minimum Gasteiger partial charge on any atom is -0.437 e. The third kappa shape index (κ3) is 4.35. The third-order valence-electron chi connectivity index (χ3n) is 3.75. The molecule has 2 aromatic carbocycles. The van der Waals surface area contributed by atoms with Crippen LogP contribution in [-0.4, -0.2) is 24.2 Å². The number of halogens is 2. The first-order valence-corrected chi connectivity index (χ1v) is 10.1. The number of carbonyl (C=O) groups is 1. The van der Waals surface area contributed by atoms with Crippen molar-refractivity contribution in [1.29, 1.82) is 0 Å². The number of Topliss-reactive ketones (excluding diaryl/α,β-unsaturated/α-hetero) is 1. The average Bonchev–Trinajstić information content (AvgIpc) is 2.64. The summed E-state index contributed by atoms with van der Waals surface area (Å²) in [6.07, 6.45) is 2.68. The lowest BCUT2D eigenvalue weighted by Gasteiger charge is -2.10. The zero-order chi connectivity index (χ0) is 20.3. The van der Waals surface area contributed by atoms with Crippen molar-refractivity contribution in [3.05, 3.63) is 77.0 Å². The number of ketones is 1. The van der Waals surface area contributed by atoms with Crippen molar-refractivity contribution in [1.82, 2.24) is 9.97 Å². The zero-order valence-electron chi connectivity index (χ0n) is 14.6. The molecule has 1 aromatic heterocycles. The SMILES string of the molecule is CC(=O)c1nccnc1Oc1ccc(CS(=O)(=O)c2ccccc2Cl)c(F)c1. The quantitative estimate of drug-likeness (QED) is 0.554. The van der Waals surface area contributed by atoms with Gasteiger partial charge in [0.25, 0.3) is 0 Å². The van der Waals surface area contributed by atoms with Crippen LogP contribution < -0.4 is 4.74 Å². The largest absolute Gasteiger partial charge is 0.437 e. The van der Waals surface area contributed by atoms with Crippen LogP contribution in [-0.2, 0) is 15.6 Å². The van der Waals surface area contributed by atoms with E-state index in [0.717, 1.165) is 6.07 Å². The molecule has 0 amide bonds. The smallest absolute Gasteiger partial charge is 0.249 e. The first-order valence-electron chi connectivity index (χ1n) is 8.03. The van der Waals surface area contributed by atoms with Crippen LogP contribution in [0.1, 0.15) is 23.0 Å². The van der Waals surface area contributed by atoms with Crippen LogP contribution in [0.4, 0.5) is 4.39 Å². The summed E-state index contributed by atoms with van der Waals surface area (Å²) in [6, 6.07) is 9.67. The van der Waals surface area contributed by atoms with Crippen LogP contribution in [0, 0.1) is 5.82 Å². The van der Waals surface area contributed by atoms with Crippen LogP contribution in [0.3, 0.4) is 0 Å². The standard InChI is InChI=1S/C19H14ClFN2O4S/c1-12(24)18-19(23-9-8-22-18)27-14-7-6-13(16(21)10-14)11-28(25,26)17-5-3-2-4-15(17)20/h2-10H,11H2,1H3. The van der Waals surface area contributed by atoms with Gasteiger partial charge in [-0.1, -0.05) is 29.8 Å². The highest BCUT2D eigenvalue weighted by Gasteiger charge is 2.21. The van der Waals surface area contributed by atoms with Crippen LogP contribution in [0.15, 0.2) is 59.8 Å². The molecule has 0 N–H and O–H groups in total. The minimum absolute atomic E-state index is 0.00767. The molecule has 0 fully saturated rings. The van der Waals surface area contributed by atoms with Crippen LogP contribution in [0.2, 0.25) is 5.02 Å². The summed E-state index contributed by atoms with van der Waals surface area (Å²) >= 11 is 5.94. The fraction of sp³-hybridized carbons (Fsp3) is 0.105. The molecule has 3 rings (SSSR count). The Morgan fingerprint density at radius 1 is 1.14 bits per heavy atom. The van der Waals surface area contributed by atoms with E-state index in [-0.39, 0.29) is 38.6 Å². The Labute approximate surface area is 165 Å². The molecule has 0 aliphatic rings. The molecule has 144 valence electrons. The van der Waals surface area contributed by atoms with Crippen molar-refractivity contribution in [3.8, 4) is 11.6 Å². The number of sulfone groups is 1. The lowest BCUT2D eigenvalue weighted by atomic mass is 10.2. The number of hydrogen-bond donors (Lipinski definition) is 0. The fourth-order valence-corrected chi connectivity index (χ4v) is 4.38. The first-order chi connectivity index (χ1) is 13.3. The number of carbonyl (C=O) groups excluding carboxylic acids is 1. The lowest BCUT2D eigenvalue weighted by Crippen LogP contribution is -2.07. The zero-order valence-corrected chi connectivity index (χ0v) is 16.2. The van der Waals surface area contributed by atoms with E-state index < -0.39 is 21.4 Å². The van der Waals surface area contributed by atoms with Gasteiger partial charge in [0.15, 0.2) is 21.3 Å². The molecule has 0 atom stereocenters. The second-order valence-electron chi connectivity index (χ2n) is 5.81. The Morgan fingerprint density at radius 2 is 1.86 bits per heavy atom. The van der Waals surface area contributed by atoms with Crippen molar-refractivity contribution in [3.63, 3.8) is 0 Å². The van der Waals surface area contributed by atoms with E-state index in [2.05, 4.69) is 9.97 Å². The number of hydrogen-bond acceptors (Lipinski definition) is 6. The summed E-state index contributed by atoms with van der Waals surface area (Å²) in [6.45, 7) is 1.31. The molecule has 0 radical (unpaired) electrons. The van der Waals surface area contributed by atoms with Gasteiger partial charge in [-0.2, -0.15) is 0 Å². The Kier molecular flexibility index (Phi) is 5.71. The van der Waals surface area contributed by atoms with Gasteiger partial charge in [0.1, 0.15) is 11.6 Å². The number of rotatable bonds is 6. The van der Waals surface area contributed by atoms with Gasteiger partial charge in [-0.05, 0) is 18.2 Å². The van der Waals surface area contributed by atoms with Gasteiger partial charge >= 0.3 is 0 Å². The minimum atomic E-state index is -3.84. The highest BCUT2D eigenvalue weighted by Crippen LogP contribution is 2.28. The monoisotopic (exact) mass is 420 g/mol. The second-order valence-corrected chi connectivity index (χ2v) is 8.18. The maximum atomic E-state index is 14.5. The molecule has 0 aliphatic heterocycles. The summed E-state index contributed by atoms with van der Waals surface area (Å²) in [5.74, 6) is -1.70. The summed E-state index contributed by atoms with van der Waals surface area (Å²) in [5.41, 5.74) is -0.0357. The molecule has 0 spiro atoms. The van der Waals surface area contributed by atoms with Gasteiger partial charge in [0.05, 0.1) is 15.7 Å². The van der Waals surface area contributed by atoms with E-state index in [1.807, 2.05) is 0 Å². The Hall–Kier alpha value is -2.84. The van der Waals surface area contributed by atoms with Crippen molar-refractivity contribution in [2.24, 2.45) is 0 Å². The highest BCUT2D eigenvalue weighted by atomic mass is 35.5. The molecular weight excluding hydrogens is 407 g/mol. The lowest BCUT2D eigenvalue weighted by molar-refractivity contribution is 0.101. The molecule has 0 saturated carbocycles. The predicted octanol–water partition coefficient (Wildman–Crippen LogP) is 4.24. The molecule has 28 heavy (non-hydrogen) atoms. The van der Waals surface area contributed by atoms with Crippen LogP contribution in [0.25, 0.3) is 0 Å². The number of ether oxygens (including phenoxy) is 1. The summed E-state index contributed by atoms with van der Waals surface area (Å²) in [7, 11) is -3.84. The van der Waals surface area contributed by atoms with Crippen molar-refractivity contribution >= 4 is 27.2 Å². The van der Waals surface area contributed by atoms with Gasteiger partial charge < -0.3 is 4.74 Å². The Balaban J connectivity index is 1.86. The summed E-state index contributed by atoms with van der Waals surface area (Å²) < 4.78 is 45.0. The molecule has 0 saturated heterocycles. The van der Waals surface area contributed by atoms with Crippen LogP contribution >= 0.6 is 11.6 Å². The predicted molar refractivity (Wildman–Crippen MR) is 101 cm³/mol. The van der Waals surface area contributed by atoms with E-state index >= 15 is 0 Å². The first kappa shape index (κ1) is 19.9. The summed E-state index contributed by atoms with van der Waals surface area (Å²) in [5, 5.41) is 0.0716. The molecule has 6 nitrogen and oxygen atoms in total. The van der Waals surface area contributed by atoms with E-state index in [4.69, 9.17) is 16.3 Å². The average molecular weight is 421 g/mol. The fourth-order valence-electron chi connectivity index (χ4n) is 2.44. The molecular formula is C19H14ClFN2O4S. The molecule has 0 aliphatic carbocycles. The molecule has 1 heterocycles. The number of aromatic nitrogens is 2. The molecule has 0 bridgehead atoms. The third-order valence-corrected chi connectivity index (χ3v) is 5.91.